The molecule has 0 fully saturated rings. The van der Waals surface area contributed by atoms with E-state index in [1.165, 1.54) is 96.3 Å². The molecule has 4 heterocycles. The van der Waals surface area contributed by atoms with E-state index in [1.54, 1.807) is 0 Å². The Labute approximate surface area is 390 Å². The molecule has 2 amide bonds. The molecule has 9 nitrogen and oxygen atoms in total. The molecule has 0 aliphatic carbocycles. The quantitative estimate of drug-likeness (QED) is 0.0503. The third-order valence-electron chi connectivity index (χ3n) is 12.7. The minimum absolute atomic E-state index is 0.0225. The number of nitrogens with zero attached hydrogens (tertiary/aromatic N) is 2. The molecule has 0 atom stereocenters. The third kappa shape index (κ3) is 11.9. The predicted molar refractivity (Wildman–Crippen MR) is 268 cm³/mol. The fourth-order valence-electron chi connectivity index (χ4n) is 8.84. The number of aromatic hydroxyl groups is 2. The zero-order valence-electron chi connectivity index (χ0n) is 39.3. The average Bonchev–Trinajstić information content (AvgIpc) is 4.07. The summed E-state index contributed by atoms with van der Waals surface area (Å²) < 4.78 is 5.97. The lowest BCUT2D eigenvalue weighted by Gasteiger charge is -2.07. The summed E-state index contributed by atoms with van der Waals surface area (Å²) in [6.07, 6.45) is 21.7. The summed E-state index contributed by atoms with van der Waals surface area (Å²) in [7, 11) is 0. The van der Waals surface area contributed by atoms with Crippen LogP contribution in [0.15, 0.2) is 107 Å². The lowest BCUT2D eigenvalue weighted by atomic mass is 9.99. The number of rotatable bonds is 22. The van der Waals surface area contributed by atoms with Gasteiger partial charge in [-0.25, -0.2) is 9.98 Å². The normalized spacial score (nSPS) is 12.7. The first-order valence-corrected chi connectivity index (χ1v) is 24.2. The van der Waals surface area contributed by atoms with Crippen molar-refractivity contribution in [3.05, 3.63) is 147 Å². The van der Waals surface area contributed by atoms with Gasteiger partial charge in [0, 0.05) is 11.1 Å². The second-order valence-corrected chi connectivity index (χ2v) is 18.0. The zero-order valence-corrected chi connectivity index (χ0v) is 39.3. The van der Waals surface area contributed by atoms with Crippen LogP contribution in [-0.2, 0) is 0 Å². The van der Waals surface area contributed by atoms with Crippen molar-refractivity contribution in [2.75, 3.05) is 6.61 Å². The van der Waals surface area contributed by atoms with Crippen LogP contribution in [0.1, 0.15) is 169 Å². The van der Waals surface area contributed by atoms with Crippen LogP contribution >= 0.6 is 0 Å². The maximum Gasteiger partial charge on any atom is 0.280 e. The predicted octanol–water partition coefficient (Wildman–Crippen LogP) is 14.3. The Balaban J connectivity index is 0.000000227. The Morgan fingerprint density at radius 1 is 0.424 bits per heavy atom. The van der Waals surface area contributed by atoms with Crippen LogP contribution in [0.25, 0.3) is 22.5 Å². The van der Waals surface area contributed by atoms with Crippen LogP contribution in [0.2, 0.25) is 0 Å². The highest BCUT2D eigenvalue weighted by atomic mass is 16.5. The molecule has 4 N–H and O–H groups in total. The van der Waals surface area contributed by atoms with Crippen molar-refractivity contribution in [2.45, 2.75) is 130 Å². The van der Waals surface area contributed by atoms with Crippen LogP contribution in [0.5, 0.6) is 17.5 Å². The summed E-state index contributed by atoms with van der Waals surface area (Å²) in [5, 5.41) is 21.1. The Hall–Kier alpha value is -6.48. The lowest BCUT2D eigenvalue weighted by Crippen LogP contribution is -1.99. The minimum atomic E-state index is -0.337. The number of aromatic amines is 2. The number of H-pyrrole nitrogens is 2. The van der Waals surface area contributed by atoms with Crippen LogP contribution in [0.4, 0.5) is 0 Å². The van der Waals surface area contributed by atoms with E-state index in [0.717, 1.165) is 51.1 Å². The van der Waals surface area contributed by atoms with Crippen molar-refractivity contribution in [2.24, 2.45) is 9.98 Å². The SMILES string of the molecule is CCCCCCCCCCCCCCCCCCOc1ccc(-c2[nH]c(O)c3c2C(=O)N=C3c2ccc(C)cc2)cc1.Cc1ccc(C2=NC(=O)c3c(-c4ccc(C)cc4)[nH]c(O)c32)cc1. The highest BCUT2D eigenvalue weighted by Gasteiger charge is 2.34. The van der Waals surface area contributed by atoms with Gasteiger partial charge in [0.1, 0.15) is 5.75 Å². The summed E-state index contributed by atoms with van der Waals surface area (Å²) in [5.41, 5.74) is 10.7. The molecule has 2 aromatic heterocycles. The van der Waals surface area contributed by atoms with Crippen molar-refractivity contribution >= 4 is 23.2 Å². The molecule has 66 heavy (non-hydrogen) atoms. The topological polar surface area (TPSA) is 140 Å². The van der Waals surface area contributed by atoms with Crippen molar-refractivity contribution in [1.29, 1.82) is 0 Å². The van der Waals surface area contributed by atoms with Crippen LogP contribution in [0.3, 0.4) is 0 Å². The minimum Gasteiger partial charge on any atom is -0.494 e. The molecule has 6 aromatic rings. The van der Waals surface area contributed by atoms with Crippen LogP contribution in [0, 0.1) is 20.8 Å². The highest BCUT2D eigenvalue weighted by Crippen LogP contribution is 2.40. The van der Waals surface area contributed by atoms with Gasteiger partial charge in [-0.15, -0.1) is 0 Å². The van der Waals surface area contributed by atoms with E-state index in [1.807, 2.05) is 118 Å². The van der Waals surface area contributed by atoms with Crippen molar-refractivity contribution < 1.29 is 24.5 Å². The summed E-state index contributed by atoms with van der Waals surface area (Å²) in [6.45, 7) is 9.01. The van der Waals surface area contributed by atoms with Crippen molar-refractivity contribution in [1.82, 2.24) is 9.97 Å². The van der Waals surface area contributed by atoms with E-state index >= 15 is 0 Å². The first-order chi connectivity index (χ1) is 32.1. The number of amides is 2. The molecular formula is C57H66N4O5. The molecule has 4 aromatic carbocycles. The average molecular weight is 887 g/mol. The zero-order chi connectivity index (χ0) is 46.4. The molecule has 8 rings (SSSR count). The monoisotopic (exact) mass is 887 g/mol. The molecular weight excluding hydrogens is 821 g/mol. The molecule has 344 valence electrons. The van der Waals surface area contributed by atoms with Gasteiger partial charge in [0.15, 0.2) is 11.8 Å². The Morgan fingerprint density at radius 2 is 0.742 bits per heavy atom. The summed E-state index contributed by atoms with van der Waals surface area (Å²) in [5.74, 6) is 0.0958. The fourth-order valence-corrected chi connectivity index (χ4v) is 8.84. The highest BCUT2D eigenvalue weighted by molar-refractivity contribution is 6.31. The fraction of sp³-hybridized carbons (Fsp3) is 0.368. The van der Waals surface area contributed by atoms with Crippen LogP contribution in [-0.4, -0.2) is 50.0 Å². The molecule has 2 aliphatic heterocycles. The number of hydrogen-bond donors (Lipinski definition) is 4. The number of nitrogens with one attached hydrogen (secondary N) is 2. The number of fused-ring (bicyclic) bond motifs is 2. The lowest BCUT2D eigenvalue weighted by molar-refractivity contribution is 0.0998. The third-order valence-corrected chi connectivity index (χ3v) is 12.7. The number of carbonyl (C=O) groups is 2. The summed E-state index contributed by atoms with van der Waals surface area (Å²) in [6, 6.07) is 31.0. The van der Waals surface area contributed by atoms with Gasteiger partial charge in [0.05, 0.1) is 51.7 Å². The number of carbonyl (C=O) groups excluding carboxylic acids is 2. The van der Waals surface area contributed by atoms with E-state index in [0.29, 0.717) is 51.7 Å². The standard InChI is InChI=1S/C37H50N2O3.C20H16N2O2/c1-3-4-5-6-7-8-9-10-11-12-13-14-15-16-17-18-27-42-31-25-23-30(24-26-31)35-33-32(36(40)39-35)34(38-37(33)41)29-21-19-28(2)20-22-29;1-11-3-7-13(8-4-11)17-15-16(20(24)21-17)18(22-19(15)23)14-9-5-12(2)6-10-14/h19-26,39-40H,3-18,27H2,1-2H3;3-10,21,24H,1-2H3. The van der Waals surface area contributed by atoms with E-state index < -0.39 is 0 Å². The second kappa shape index (κ2) is 23.1. The number of aromatic nitrogens is 2. The van der Waals surface area contributed by atoms with Gasteiger partial charge in [-0.2, -0.15) is 0 Å². The van der Waals surface area contributed by atoms with Crippen molar-refractivity contribution in [3.8, 4) is 40.0 Å². The molecule has 0 saturated heterocycles. The van der Waals surface area contributed by atoms with Gasteiger partial charge >= 0.3 is 0 Å². The van der Waals surface area contributed by atoms with Gasteiger partial charge in [-0.05, 0) is 62.6 Å². The van der Waals surface area contributed by atoms with Crippen LogP contribution < -0.4 is 4.74 Å². The smallest absolute Gasteiger partial charge is 0.280 e. The van der Waals surface area contributed by atoms with E-state index in [-0.39, 0.29) is 23.6 Å². The van der Waals surface area contributed by atoms with Gasteiger partial charge in [0.2, 0.25) is 0 Å². The maximum absolute atomic E-state index is 12.8. The van der Waals surface area contributed by atoms with E-state index in [4.69, 9.17) is 4.74 Å². The number of hydrogen-bond acceptors (Lipinski definition) is 5. The Morgan fingerprint density at radius 3 is 1.11 bits per heavy atom. The largest absolute Gasteiger partial charge is 0.494 e. The number of unbranched alkanes of at least 4 members (excludes halogenated alkanes) is 15. The number of ether oxygens (including phenoxy) is 1. The molecule has 0 bridgehead atoms. The summed E-state index contributed by atoms with van der Waals surface area (Å²) >= 11 is 0. The second-order valence-electron chi connectivity index (χ2n) is 18.0. The van der Waals surface area contributed by atoms with Crippen molar-refractivity contribution in [3.63, 3.8) is 0 Å². The van der Waals surface area contributed by atoms with E-state index in [2.05, 4.69) is 26.9 Å². The maximum atomic E-state index is 12.8. The van der Waals surface area contributed by atoms with Gasteiger partial charge in [0.25, 0.3) is 11.8 Å². The molecule has 0 unspecified atom stereocenters. The Bertz CT molecular complexity index is 2610. The molecule has 2 aliphatic rings. The van der Waals surface area contributed by atoms with Gasteiger partial charge in [-0.1, -0.05) is 193 Å². The first kappa shape index (κ1) is 47.5. The van der Waals surface area contributed by atoms with Gasteiger partial charge < -0.3 is 24.9 Å². The van der Waals surface area contributed by atoms with Gasteiger partial charge in [-0.3, -0.25) is 9.59 Å². The molecule has 0 saturated carbocycles. The molecule has 0 radical (unpaired) electrons. The van der Waals surface area contributed by atoms with E-state index in [9.17, 15) is 19.8 Å². The molecule has 0 spiro atoms. The first-order valence-electron chi connectivity index (χ1n) is 24.2. The molecule has 9 heteroatoms. The summed E-state index contributed by atoms with van der Waals surface area (Å²) in [4.78, 5) is 39.7. The number of aryl methyl sites for hydroxylation is 3. The Kier molecular flexibility index (Phi) is 16.6. The number of aliphatic imine (C=N–C) groups is 2. The number of benzene rings is 4.